The molecule has 0 aliphatic carbocycles. The number of hydrogen-bond donors (Lipinski definition) is 2. The van der Waals surface area contributed by atoms with Crippen LogP contribution < -0.4 is 15.8 Å². The Bertz CT molecular complexity index is 644. The van der Waals surface area contributed by atoms with Crippen LogP contribution in [0.15, 0.2) is 35.8 Å². The summed E-state index contributed by atoms with van der Waals surface area (Å²) < 4.78 is 7.20. The van der Waals surface area contributed by atoms with Gasteiger partial charge in [0.1, 0.15) is 18.1 Å². The zero-order valence-electron chi connectivity index (χ0n) is 11.8. The zero-order valence-corrected chi connectivity index (χ0v) is 11.8. The summed E-state index contributed by atoms with van der Waals surface area (Å²) in [6.45, 7) is 4.62. The molecule has 0 bridgehead atoms. The smallest absolute Gasteiger partial charge is 0.189 e. The van der Waals surface area contributed by atoms with Crippen molar-refractivity contribution in [3.63, 3.8) is 0 Å². The summed E-state index contributed by atoms with van der Waals surface area (Å²) in [5.74, 6) is 2.02. The number of aliphatic imine (C=N–C) groups is 1. The Hall–Kier alpha value is -2.50. The molecule has 0 fully saturated rings. The van der Waals surface area contributed by atoms with Gasteiger partial charge in [0.05, 0.1) is 18.1 Å². The molecule has 1 heterocycles. The molecule has 2 aromatic rings. The highest BCUT2D eigenvalue weighted by Crippen LogP contribution is 2.21. The summed E-state index contributed by atoms with van der Waals surface area (Å²) in [5, 5.41) is 2.93. The second-order valence-corrected chi connectivity index (χ2v) is 4.31. The SMILES string of the molecule is C=CCNC(N)=NCc1nc2cc(OC)ccc2n1C. The quantitative estimate of drug-likeness (QED) is 0.487. The molecule has 3 N–H and O–H groups in total. The molecule has 0 spiro atoms. The second kappa shape index (κ2) is 6.10. The third-order valence-corrected chi connectivity index (χ3v) is 3.00. The predicted octanol–water partition coefficient (Wildman–Crippen LogP) is 1.17. The Kier molecular flexibility index (Phi) is 4.24. The van der Waals surface area contributed by atoms with E-state index in [9.17, 15) is 0 Å². The largest absolute Gasteiger partial charge is 0.497 e. The van der Waals surface area contributed by atoms with Crippen LogP contribution >= 0.6 is 0 Å². The fourth-order valence-corrected chi connectivity index (χ4v) is 1.89. The number of aromatic nitrogens is 2. The topological polar surface area (TPSA) is 77.5 Å². The summed E-state index contributed by atoms with van der Waals surface area (Å²) in [5.41, 5.74) is 7.65. The Morgan fingerprint density at radius 3 is 3.10 bits per heavy atom. The number of imidazole rings is 1. The van der Waals surface area contributed by atoms with Gasteiger partial charge < -0.3 is 20.4 Å². The van der Waals surface area contributed by atoms with E-state index in [1.165, 1.54) is 0 Å². The molecule has 0 radical (unpaired) electrons. The highest BCUT2D eigenvalue weighted by atomic mass is 16.5. The number of ether oxygens (including phenoxy) is 1. The lowest BCUT2D eigenvalue weighted by Gasteiger charge is -2.03. The monoisotopic (exact) mass is 273 g/mol. The zero-order chi connectivity index (χ0) is 14.5. The molecule has 0 aliphatic rings. The average Bonchev–Trinajstić information content (AvgIpc) is 2.78. The Morgan fingerprint density at radius 1 is 1.60 bits per heavy atom. The van der Waals surface area contributed by atoms with Crippen molar-refractivity contribution < 1.29 is 4.74 Å². The highest BCUT2D eigenvalue weighted by Gasteiger charge is 2.08. The summed E-state index contributed by atoms with van der Waals surface area (Å²) >= 11 is 0. The van der Waals surface area contributed by atoms with Crippen LogP contribution in [0, 0.1) is 0 Å². The van der Waals surface area contributed by atoms with Crippen LogP contribution in [-0.2, 0) is 13.6 Å². The maximum atomic E-state index is 5.73. The first kappa shape index (κ1) is 13.9. The molecule has 6 heteroatoms. The van der Waals surface area contributed by atoms with Gasteiger partial charge in [-0.05, 0) is 12.1 Å². The molecule has 0 aliphatic heterocycles. The van der Waals surface area contributed by atoms with Crippen LogP contribution in [0.1, 0.15) is 5.82 Å². The van der Waals surface area contributed by atoms with Crippen molar-refractivity contribution in [1.82, 2.24) is 14.9 Å². The fraction of sp³-hybridized carbons (Fsp3) is 0.286. The van der Waals surface area contributed by atoms with Gasteiger partial charge in [-0.1, -0.05) is 6.08 Å². The van der Waals surface area contributed by atoms with Gasteiger partial charge in [0.25, 0.3) is 0 Å². The van der Waals surface area contributed by atoms with Crippen LogP contribution in [0.3, 0.4) is 0 Å². The molecule has 20 heavy (non-hydrogen) atoms. The first-order chi connectivity index (χ1) is 9.65. The van der Waals surface area contributed by atoms with E-state index in [1.54, 1.807) is 13.2 Å². The number of methoxy groups -OCH3 is 1. The van der Waals surface area contributed by atoms with Crippen molar-refractivity contribution in [3.05, 3.63) is 36.7 Å². The van der Waals surface area contributed by atoms with E-state index >= 15 is 0 Å². The summed E-state index contributed by atoms with van der Waals surface area (Å²) in [6.07, 6.45) is 1.73. The van der Waals surface area contributed by atoms with Crippen molar-refractivity contribution in [2.24, 2.45) is 17.8 Å². The van der Waals surface area contributed by atoms with Crippen molar-refractivity contribution in [2.75, 3.05) is 13.7 Å². The maximum absolute atomic E-state index is 5.73. The normalized spacial score (nSPS) is 11.6. The summed E-state index contributed by atoms with van der Waals surface area (Å²) in [6, 6.07) is 5.80. The molecule has 0 unspecified atom stereocenters. The number of nitrogens with one attached hydrogen (secondary N) is 1. The molecule has 2 rings (SSSR count). The van der Waals surface area contributed by atoms with Crippen molar-refractivity contribution in [2.45, 2.75) is 6.54 Å². The number of rotatable bonds is 5. The minimum Gasteiger partial charge on any atom is -0.497 e. The van der Waals surface area contributed by atoms with Crippen LogP contribution in [-0.4, -0.2) is 29.2 Å². The van der Waals surface area contributed by atoms with Gasteiger partial charge in [0.15, 0.2) is 5.96 Å². The maximum Gasteiger partial charge on any atom is 0.189 e. The Balaban J connectivity index is 2.22. The van der Waals surface area contributed by atoms with Gasteiger partial charge in [-0.3, -0.25) is 0 Å². The number of benzene rings is 1. The molecule has 0 saturated carbocycles. The van der Waals surface area contributed by atoms with Gasteiger partial charge in [0.2, 0.25) is 0 Å². The first-order valence-electron chi connectivity index (χ1n) is 6.29. The molecular formula is C14H19N5O. The van der Waals surface area contributed by atoms with E-state index in [0.29, 0.717) is 19.0 Å². The van der Waals surface area contributed by atoms with Crippen molar-refractivity contribution in [3.8, 4) is 5.75 Å². The van der Waals surface area contributed by atoms with Crippen molar-refractivity contribution in [1.29, 1.82) is 0 Å². The fourth-order valence-electron chi connectivity index (χ4n) is 1.89. The molecule has 1 aromatic heterocycles. The summed E-state index contributed by atoms with van der Waals surface area (Å²) in [7, 11) is 3.60. The van der Waals surface area contributed by atoms with Crippen LogP contribution in [0.4, 0.5) is 0 Å². The minimum atomic E-state index is 0.384. The molecule has 0 saturated heterocycles. The second-order valence-electron chi connectivity index (χ2n) is 4.31. The van der Waals surface area contributed by atoms with Gasteiger partial charge in [-0.15, -0.1) is 6.58 Å². The third kappa shape index (κ3) is 2.90. The van der Waals surface area contributed by atoms with E-state index < -0.39 is 0 Å². The number of nitrogens with two attached hydrogens (primary N) is 1. The van der Waals surface area contributed by atoms with Crippen LogP contribution in [0.5, 0.6) is 5.75 Å². The molecule has 0 amide bonds. The Morgan fingerprint density at radius 2 is 2.40 bits per heavy atom. The summed E-state index contributed by atoms with van der Waals surface area (Å²) in [4.78, 5) is 8.80. The Labute approximate surface area is 118 Å². The predicted molar refractivity (Wildman–Crippen MR) is 80.8 cm³/mol. The van der Waals surface area contributed by atoms with Gasteiger partial charge >= 0.3 is 0 Å². The number of aryl methyl sites for hydroxylation is 1. The third-order valence-electron chi connectivity index (χ3n) is 3.00. The number of nitrogens with zero attached hydrogens (tertiary/aromatic N) is 3. The lowest BCUT2D eigenvalue weighted by molar-refractivity contribution is 0.415. The van der Waals surface area contributed by atoms with Crippen LogP contribution in [0.2, 0.25) is 0 Å². The van der Waals surface area contributed by atoms with Crippen LogP contribution in [0.25, 0.3) is 11.0 Å². The van der Waals surface area contributed by atoms with E-state index in [1.807, 2.05) is 29.8 Å². The number of hydrogen-bond acceptors (Lipinski definition) is 3. The molecule has 106 valence electrons. The highest BCUT2D eigenvalue weighted by molar-refractivity contribution is 5.79. The van der Waals surface area contributed by atoms with E-state index in [4.69, 9.17) is 10.5 Å². The standard InChI is InChI=1S/C14H19N5O/c1-4-7-16-14(15)17-9-13-18-11-8-10(20-3)5-6-12(11)19(13)2/h4-6,8H,1,7,9H2,2-3H3,(H3,15,16,17). The van der Waals surface area contributed by atoms with Gasteiger partial charge in [-0.25, -0.2) is 9.98 Å². The van der Waals surface area contributed by atoms with Crippen molar-refractivity contribution >= 4 is 17.0 Å². The number of guanidine groups is 1. The van der Waals surface area contributed by atoms with E-state index in [2.05, 4.69) is 21.9 Å². The van der Waals surface area contributed by atoms with Gasteiger partial charge in [-0.2, -0.15) is 0 Å². The molecule has 1 aromatic carbocycles. The lowest BCUT2D eigenvalue weighted by atomic mass is 10.3. The first-order valence-corrected chi connectivity index (χ1v) is 6.29. The van der Waals surface area contributed by atoms with Gasteiger partial charge in [0, 0.05) is 19.7 Å². The number of fused-ring (bicyclic) bond motifs is 1. The molecular weight excluding hydrogens is 254 g/mol. The molecule has 6 nitrogen and oxygen atoms in total. The van der Waals surface area contributed by atoms with E-state index in [-0.39, 0.29) is 0 Å². The molecule has 0 atom stereocenters. The minimum absolute atomic E-state index is 0.384. The van der Waals surface area contributed by atoms with E-state index in [0.717, 1.165) is 22.6 Å². The lowest BCUT2D eigenvalue weighted by Crippen LogP contribution is -2.31. The average molecular weight is 273 g/mol.